The van der Waals surface area contributed by atoms with Gasteiger partial charge in [0.05, 0.1) is 11.9 Å². The van der Waals surface area contributed by atoms with E-state index in [1.54, 1.807) is 31.2 Å². The third-order valence-electron chi connectivity index (χ3n) is 2.64. The Morgan fingerprint density at radius 1 is 1.30 bits per heavy atom. The fourth-order valence-corrected chi connectivity index (χ4v) is 3.02. The van der Waals surface area contributed by atoms with Gasteiger partial charge in [0.2, 0.25) is 10.0 Å². The molecule has 0 spiro atoms. The topological polar surface area (TPSA) is 81.2 Å². The quantitative estimate of drug-likeness (QED) is 0.854. The van der Waals surface area contributed by atoms with Crippen LogP contribution in [-0.2, 0) is 14.8 Å². The van der Waals surface area contributed by atoms with Gasteiger partial charge in [-0.25, -0.2) is 18.4 Å². The summed E-state index contributed by atoms with van der Waals surface area (Å²) in [6, 6.07) is 6.72. The molecule has 0 bridgehead atoms. The molecular formula is C12H14ClN3O3S. The van der Waals surface area contributed by atoms with E-state index in [4.69, 9.17) is 16.3 Å². The van der Waals surface area contributed by atoms with Crippen LogP contribution >= 0.6 is 11.6 Å². The molecule has 2 heterocycles. The first-order valence-electron chi connectivity index (χ1n) is 5.86. The molecule has 2 aromatic rings. The first-order chi connectivity index (χ1) is 9.39. The van der Waals surface area contributed by atoms with Crippen molar-refractivity contribution in [1.82, 2.24) is 9.97 Å². The molecule has 2 rings (SSSR count). The van der Waals surface area contributed by atoms with Crippen LogP contribution in [0.1, 0.15) is 6.92 Å². The lowest BCUT2D eigenvalue weighted by molar-refractivity contribution is 0.136. The maximum Gasteiger partial charge on any atom is 0.236 e. The molecule has 2 aromatic heterocycles. The zero-order valence-electron chi connectivity index (χ0n) is 11.0. The number of nitrogens with zero attached hydrogens (tertiary/aromatic N) is 2. The van der Waals surface area contributed by atoms with Gasteiger partial charge in [-0.2, -0.15) is 0 Å². The smallest absolute Gasteiger partial charge is 0.236 e. The van der Waals surface area contributed by atoms with Crippen LogP contribution in [-0.4, -0.2) is 37.4 Å². The van der Waals surface area contributed by atoms with Gasteiger partial charge in [0, 0.05) is 12.5 Å². The van der Waals surface area contributed by atoms with E-state index in [1.807, 2.05) is 0 Å². The number of fused-ring (bicyclic) bond motifs is 1. The molecule has 0 amide bonds. The Morgan fingerprint density at radius 2 is 2.00 bits per heavy atom. The van der Waals surface area contributed by atoms with E-state index < -0.39 is 16.1 Å². The second kappa shape index (κ2) is 5.90. The molecule has 0 aliphatic carbocycles. The van der Waals surface area contributed by atoms with E-state index in [0.29, 0.717) is 10.8 Å². The maximum absolute atomic E-state index is 11.9. The lowest BCUT2D eigenvalue weighted by Gasteiger charge is -2.11. The molecule has 108 valence electrons. The molecule has 8 heteroatoms. The number of sulfonamides is 1. The molecule has 0 radical (unpaired) electrons. The summed E-state index contributed by atoms with van der Waals surface area (Å²) < 4.78 is 31.1. The number of halogens is 1. The van der Waals surface area contributed by atoms with Gasteiger partial charge in [-0.15, -0.1) is 0 Å². The van der Waals surface area contributed by atoms with Crippen molar-refractivity contribution in [2.24, 2.45) is 0 Å². The number of nitrogens with one attached hydrogen (secondary N) is 1. The standard InChI is InChI=1S/C12H14ClN3O3S/c1-8(19-2)7-20(17,18)16-11-6-4-9-3-5-10(13)14-12(9)15-11/h3-6,8H,7H2,1-2H3,(H,14,15,16). The molecule has 1 unspecified atom stereocenters. The van der Waals surface area contributed by atoms with Crippen LogP contribution < -0.4 is 4.72 Å². The summed E-state index contributed by atoms with van der Waals surface area (Å²) >= 11 is 5.79. The van der Waals surface area contributed by atoms with Crippen molar-refractivity contribution in [3.05, 3.63) is 29.4 Å². The molecule has 20 heavy (non-hydrogen) atoms. The Morgan fingerprint density at radius 3 is 2.70 bits per heavy atom. The van der Waals surface area contributed by atoms with E-state index in [0.717, 1.165) is 5.39 Å². The number of ether oxygens (including phenoxy) is 1. The third kappa shape index (κ3) is 3.78. The second-order valence-electron chi connectivity index (χ2n) is 4.31. The number of rotatable bonds is 5. The van der Waals surface area contributed by atoms with E-state index in [1.165, 1.54) is 7.11 Å². The lowest BCUT2D eigenvalue weighted by Crippen LogP contribution is -2.25. The van der Waals surface area contributed by atoms with Crippen molar-refractivity contribution < 1.29 is 13.2 Å². The minimum atomic E-state index is -3.52. The Labute approximate surface area is 122 Å². The number of hydrogen-bond acceptors (Lipinski definition) is 5. The van der Waals surface area contributed by atoms with Crippen molar-refractivity contribution in [3.8, 4) is 0 Å². The molecule has 0 saturated carbocycles. The fraction of sp³-hybridized carbons (Fsp3) is 0.333. The number of aromatic nitrogens is 2. The number of pyridine rings is 2. The van der Waals surface area contributed by atoms with Gasteiger partial charge in [-0.3, -0.25) is 4.72 Å². The van der Waals surface area contributed by atoms with Crippen LogP contribution in [0.5, 0.6) is 0 Å². The summed E-state index contributed by atoms with van der Waals surface area (Å²) in [5, 5.41) is 1.08. The van der Waals surface area contributed by atoms with Crippen LogP contribution in [0.2, 0.25) is 5.15 Å². The molecule has 1 N–H and O–H groups in total. The van der Waals surface area contributed by atoms with Crippen molar-refractivity contribution in [2.45, 2.75) is 13.0 Å². The van der Waals surface area contributed by atoms with Gasteiger partial charge in [0.1, 0.15) is 11.0 Å². The SMILES string of the molecule is COC(C)CS(=O)(=O)Nc1ccc2ccc(Cl)nc2n1. The van der Waals surface area contributed by atoms with Crippen LogP contribution in [0, 0.1) is 0 Å². The molecule has 0 aliphatic rings. The summed E-state index contributed by atoms with van der Waals surface area (Å²) in [6.45, 7) is 1.67. The van der Waals surface area contributed by atoms with Gasteiger partial charge in [0.25, 0.3) is 0 Å². The number of methoxy groups -OCH3 is 1. The van der Waals surface area contributed by atoms with Crippen molar-refractivity contribution in [3.63, 3.8) is 0 Å². The summed E-state index contributed by atoms with van der Waals surface area (Å²) in [5.41, 5.74) is 0.387. The van der Waals surface area contributed by atoms with Gasteiger partial charge in [-0.1, -0.05) is 11.6 Å². The van der Waals surface area contributed by atoms with Gasteiger partial charge < -0.3 is 4.74 Å². The van der Waals surface area contributed by atoms with E-state index >= 15 is 0 Å². The first-order valence-corrected chi connectivity index (χ1v) is 7.89. The maximum atomic E-state index is 11.9. The normalized spacial score (nSPS) is 13.3. The molecule has 1 atom stereocenters. The Balaban J connectivity index is 2.25. The minimum Gasteiger partial charge on any atom is -0.381 e. The monoisotopic (exact) mass is 315 g/mol. The van der Waals surface area contributed by atoms with Crippen LogP contribution in [0.4, 0.5) is 5.82 Å². The first kappa shape index (κ1) is 15.0. The van der Waals surface area contributed by atoms with Crippen LogP contribution in [0.3, 0.4) is 0 Å². The Kier molecular flexibility index (Phi) is 4.42. The van der Waals surface area contributed by atoms with E-state index in [9.17, 15) is 8.42 Å². The predicted octanol–water partition coefficient (Wildman–Crippen LogP) is 2.06. The number of anilines is 1. The van der Waals surface area contributed by atoms with Crippen LogP contribution in [0.15, 0.2) is 24.3 Å². The fourth-order valence-electron chi connectivity index (χ4n) is 1.61. The van der Waals surface area contributed by atoms with Crippen LogP contribution in [0.25, 0.3) is 11.0 Å². The molecule has 0 saturated heterocycles. The molecule has 0 aromatic carbocycles. The molecule has 6 nitrogen and oxygen atoms in total. The average Bonchev–Trinajstić information content (AvgIpc) is 2.37. The predicted molar refractivity (Wildman–Crippen MR) is 78.4 cm³/mol. The summed E-state index contributed by atoms with van der Waals surface area (Å²) in [5.74, 6) is 0.0576. The van der Waals surface area contributed by atoms with Gasteiger partial charge in [0.15, 0.2) is 5.65 Å². The lowest BCUT2D eigenvalue weighted by atomic mass is 10.3. The summed E-state index contributed by atoms with van der Waals surface area (Å²) in [7, 11) is -2.06. The summed E-state index contributed by atoms with van der Waals surface area (Å²) in [6.07, 6.45) is -0.402. The highest BCUT2D eigenvalue weighted by Gasteiger charge is 2.16. The van der Waals surface area contributed by atoms with Crippen molar-refractivity contribution in [1.29, 1.82) is 0 Å². The second-order valence-corrected chi connectivity index (χ2v) is 6.46. The molecular weight excluding hydrogens is 302 g/mol. The average molecular weight is 316 g/mol. The molecule has 0 fully saturated rings. The zero-order chi connectivity index (χ0) is 14.8. The zero-order valence-corrected chi connectivity index (χ0v) is 12.6. The van der Waals surface area contributed by atoms with E-state index in [-0.39, 0.29) is 11.6 Å². The summed E-state index contributed by atoms with van der Waals surface area (Å²) in [4.78, 5) is 8.17. The highest BCUT2D eigenvalue weighted by atomic mass is 35.5. The van der Waals surface area contributed by atoms with E-state index in [2.05, 4.69) is 14.7 Å². The largest absolute Gasteiger partial charge is 0.381 e. The van der Waals surface area contributed by atoms with Crippen molar-refractivity contribution >= 4 is 38.5 Å². The Hall–Kier alpha value is -1.44. The highest BCUT2D eigenvalue weighted by molar-refractivity contribution is 7.92. The molecule has 0 aliphatic heterocycles. The van der Waals surface area contributed by atoms with Crippen molar-refractivity contribution in [2.75, 3.05) is 17.6 Å². The Bertz CT molecular complexity index is 721. The third-order valence-corrected chi connectivity index (χ3v) is 4.27. The van der Waals surface area contributed by atoms with Gasteiger partial charge >= 0.3 is 0 Å². The highest BCUT2D eigenvalue weighted by Crippen LogP contribution is 2.17. The van der Waals surface area contributed by atoms with Gasteiger partial charge in [-0.05, 0) is 31.2 Å². The number of hydrogen-bond donors (Lipinski definition) is 1. The minimum absolute atomic E-state index is 0.147.